The second-order valence-electron chi connectivity index (χ2n) is 4.13. The van der Waals surface area contributed by atoms with E-state index < -0.39 is 16.7 Å². The fourth-order valence-corrected chi connectivity index (χ4v) is 1.47. The second kappa shape index (κ2) is 5.82. The summed E-state index contributed by atoms with van der Waals surface area (Å²) in [5, 5.41) is 10.5. The van der Waals surface area contributed by atoms with E-state index in [2.05, 4.69) is 20.8 Å². The fraction of sp³-hybridized carbons (Fsp3) is 0.0833. The van der Waals surface area contributed by atoms with Crippen molar-refractivity contribution in [2.24, 2.45) is 0 Å². The lowest BCUT2D eigenvalue weighted by atomic mass is 10.2. The first-order chi connectivity index (χ1) is 9.97. The Morgan fingerprint density at radius 2 is 2.00 bits per heavy atom. The Balaban J connectivity index is 1.95. The number of hydrogen-bond acceptors (Lipinski definition) is 5. The number of hydrogen-bond donors (Lipinski definition) is 3. The van der Waals surface area contributed by atoms with Crippen LogP contribution in [0.25, 0.3) is 0 Å². The quantitative estimate of drug-likeness (QED) is 0.565. The maximum absolute atomic E-state index is 11.7. The topological polar surface area (TPSA) is 130 Å². The summed E-state index contributed by atoms with van der Waals surface area (Å²) in [7, 11) is 0. The first kappa shape index (κ1) is 14.2. The molecule has 0 spiro atoms. The Morgan fingerprint density at radius 3 is 2.57 bits per heavy atom. The van der Waals surface area contributed by atoms with Crippen molar-refractivity contribution >= 4 is 17.5 Å². The summed E-state index contributed by atoms with van der Waals surface area (Å²) >= 11 is 0. The van der Waals surface area contributed by atoms with Gasteiger partial charge in [-0.25, -0.2) is 0 Å². The molecule has 0 unspecified atom stereocenters. The minimum atomic E-state index is -0.698. The highest BCUT2D eigenvalue weighted by Crippen LogP contribution is 2.11. The van der Waals surface area contributed by atoms with Gasteiger partial charge < -0.3 is 4.98 Å². The molecule has 108 valence electrons. The molecule has 2 rings (SSSR count). The molecule has 21 heavy (non-hydrogen) atoms. The highest BCUT2D eigenvalue weighted by Gasteiger charge is 2.15. The van der Waals surface area contributed by atoms with Crippen molar-refractivity contribution in [3.8, 4) is 0 Å². The van der Waals surface area contributed by atoms with Gasteiger partial charge in [0.2, 0.25) is 0 Å². The number of nitrogens with one attached hydrogen (secondary N) is 3. The Hall–Kier alpha value is -3.23. The molecule has 0 aliphatic heterocycles. The lowest BCUT2D eigenvalue weighted by Gasteiger charge is -2.06. The van der Waals surface area contributed by atoms with Gasteiger partial charge in [0.1, 0.15) is 5.69 Å². The van der Waals surface area contributed by atoms with Crippen LogP contribution in [-0.4, -0.2) is 26.7 Å². The number of H-pyrrole nitrogens is 1. The molecule has 2 amide bonds. The predicted molar refractivity (Wildman–Crippen MR) is 71.4 cm³/mol. The molecule has 0 saturated heterocycles. The first-order valence-corrected chi connectivity index (χ1v) is 5.83. The van der Waals surface area contributed by atoms with Crippen LogP contribution in [0.15, 0.2) is 30.6 Å². The number of hydrazine groups is 1. The van der Waals surface area contributed by atoms with Gasteiger partial charge in [-0.1, -0.05) is 0 Å². The predicted octanol–water partition coefficient (Wildman–Crippen LogP) is 0.701. The fourth-order valence-electron chi connectivity index (χ4n) is 1.47. The van der Waals surface area contributed by atoms with Gasteiger partial charge >= 0.3 is 0 Å². The molecule has 9 nitrogen and oxygen atoms in total. The molecule has 2 aromatic heterocycles. The lowest BCUT2D eigenvalue weighted by Crippen LogP contribution is -2.41. The SMILES string of the molecule is Cc1ccc(C(=O)NNC(=O)c2cc([N+](=O)[O-])c[nH]2)cn1. The van der Waals surface area contributed by atoms with Crippen LogP contribution in [0.5, 0.6) is 0 Å². The molecule has 0 radical (unpaired) electrons. The Kier molecular flexibility index (Phi) is 3.93. The first-order valence-electron chi connectivity index (χ1n) is 5.83. The van der Waals surface area contributed by atoms with E-state index >= 15 is 0 Å². The van der Waals surface area contributed by atoms with Gasteiger partial charge in [-0.3, -0.25) is 35.5 Å². The number of pyridine rings is 1. The van der Waals surface area contributed by atoms with Crippen LogP contribution in [0, 0.1) is 17.0 Å². The minimum Gasteiger partial charge on any atom is -0.351 e. The number of nitro groups is 1. The van der Waals surface area contributed by atoms with Gasteiger partial charge in [-0.15, -0.1) is 0 Å². The number of aryl methyl sites for hydroxylation is 1. The number of aromatic nitrogens is 2. The van der Waals surface area contributed by atoms with E-state index in [1.807, 2.05) is 0 Å². The zero-order chi connectivity index (χ0) is 15.4. The summed E-state index contributed by atoms with van der Waals surface area (Å²) in [5.74, 6) is -1.24. The van der Waals surface area contributed by atoms with E-state index in [1.165, 1.54) is 6.20 Å². The van der Waals surface area contributed by atoms with E-state index in [1.54, 1.807) is 19.1 Å². The third-order valence-electron chi connectivity index (χ3n) is 2.59. The van der Waals surface area contributed by atoms with Gasteiger partial charge in [0.25, 0.3) is 17.5 Å². The van der Waals surface area contributed by atoms with E-state index in [0.717, 1.165) is 18.0 Å². The summed E-state index contributed by atoms with van der Waals surface area (Å²) in [6.45, 7) is 1.78. The maximum Gasteiger partial charge on any atom is 0.287 e. The third-order valence-corrected chi connectivity index (χ3v) is 2.59. The van der Waals surface area contributed by atoms with Crippen LogP contribution < -0.4 is 10.9 Å². The Bertz CT molecular complexity index is 692. The normalized spacial score (nSPS) is 9.95. The summed E-state index contributed by atoms with van der Waals surface area (Å²) in [6, 6.07) is 4.28. The molecule has 2 heterocycles. The van der Waals surface area contributed by atoms with Crippen LogP contribution in [0.4, 0.5) is 5.69 Å². The smallest absolute Gasteiger partial charge is 0.287 e. The van der Waals surface area contributed by atoms with Crippen molar-refractivity contribution in [3.63, 3.8) is 0 Å². The Morgan fingerprint density at radius 1 is 1.29 bits per heavy atom. The monoisotopic (exact) mass is 289 g/mol. The van der Waals surface area contributed by atoms with E-state index in [4.69, 9.17) is 0 Å². The minimum absolute atomic E-state index is 0.0379. The number of rotatable bonds is 3. The van der Waals surface area contributed by atoms with Crippen molar-refractivity contribution in [1.82, 2.24) is 20.8 Å². The van der Waals surface area contributed by atoms with Crippen molar-refractivity contribution in [2.45, 2.75) is 6.92 Å². The molecule has 0 aliphatic carbocycles. The molecule has 0 atom stereocenters. The average molecular weight is 289 g/mol. The van der Waals surface area contributed by atoms with Crippen molar-refractivity contribution in [2.75, 3.05) is 0 Å². The third kappa shape index (κ3) is 3.41. The molecule has 9 heteroatoms. The number of nitrogens with zero attached hydrogens (tertiary/aromatic N) is 2. The van der Waals surface area contributed by atoms with Crippen LogP contribution in [0.2, 0.25) is 0 Å². The van der Waals surface area contributed by atoms with Gasteiger partial charge in [0.05, 0.1) is 16.7 Å². The van der Waals surface area contributed by atoms with Crippen molar-refractivity contribution in [1.29, 1.82) is 0 Å². The highest BCUT2D eigenvalue weighted by molar-refractivity contribution is 5.98. The molecular formula is C12H11N5O4. The zero-order valence-electron chi connectivity index (χ0n) is 10.9. The zero-order valence-corrected chi connectivity index (χ0v) is 10.9. The van der Waals surface area contributed by atoms with E-state index in [0.29, 0.717) is 0 Å². The molecule has 2 aromatic rings. The maximum atomic E-state index is 11.7. The van der Waals surface area contributed by atoms with Crippen LogP contribution >= 0.6 is 0 Å². The van der Waals surface area contributed by atoms with Gasteiger partial charge in [0, 0.05) is 18.0 Å². The molecule has 3 N–H and O–H groups in total. The second-order valence-corrected chi connectivity index (χ2v) is 4.13. The van der Waals surface area contributed by atoms with Crippen molar-refractivity contribution < 1.29 is 14.5 Å². The average Bonchev–Trinajstić information content (AvgIpc) is 2.95. The van der Waals surface area contributed by atoms with Crippen molar-refractivity contribution in [3.05, 3.63) is 57.7 Å². The highest BCUT2D eigenvalue weighted by atomic mass is 16.6. The summed E-state index contributed by atoms with van der Waals surface area (Å²) in [6.07, 6.45) is 2.46. The van der Waals surface area contributed by atoms with Crippen LogP contribution in [0.1, 0.15) is 26.5 Å². The summed E-state index contributed by atoms with van der Waals surface area (Å²) in [4.78, 5) is 39.6. The molecule has 0 aliphatic rings. The van der Waals surface area contributed by atoms with Gasteiger partial charge in [-0.05, 0) is 19.1 Å². The number of carbonyl (C=O) groups excluding carboxylic acids is 2. The molecule has 0 bridgehead atoms. The van der Waals surface area contributed by atoms with E-state index in [-0.39, 0.29) is 16.9 Å². The standard InChI is InChI=1S/C12H11N5O4/c1-7-2-3-8(5-13-7)11(18)15-16-12(19)10-4-9(6-14-10)17(20)21/h2-6,14H,1H3,(H,15,18)(H,16,19). The van der Waals surface area contributed by atoms with Crippen LogP contribution in [0.3, 0.4) is 0 Å². The van der Waals surface area contributed by atoms with Gasteiger partial charge in [0.15, 0.2) is 0 Å². The van der Waals surface area contributed by atoms with E-state index in [9.17, 15) is 19.7 Å². The number of carbonyl (C=O) groups is 2. The Labute approximate surface area is 118 Å². The summed E-state index contributed by atoms with van der Waals surface area (Å²) < 4.78 is 0. The molecule has 0 saturated carbocycles. The lowest BCUT2D eigenvalue weighted by molar-refractivity contribution is -0.384. The molecular weight excluding hydrogens is 278 g/mol. The number of amides is 2. The van der Waals surface area contributed by atoms with Gasteiger partial charge in [-0.2, -0.15) is 0 Å². The van der Waals surface area contributed by atoms with Crippen LogP contribution in [-0.2, 0) is 0 Å². The molecule has 0 aromatic carbocycles. The summed E-state index contributed by atoms with van der Waals surface area (Å²) in [5.41, 5.74) is 5.09. The number of aromatic amines is 1. The largest absolute Gasteiger partial charge is 0.351 e. The molecule has 0 fully saturated rings.